The first-order chi connectivity index (χ1) is 17.4. The number of fused-ring (bicyclic) bond motifs is 5. The van der Waals surface area contributed by atoms with Crippen molar-refractivity contribution < 1.29 is 28.7 Å². The van der Waals surface area contributed by atoms with Crippen molar-refractivity contribution in [3.05, 3.63) is 48.5 Å². The van der Waals surface area contributed by atoms with Crippen LogP contribution in [-0.2, 0) is 19.2 Å². The lowest BCUT2D eigenvalue weighted by Gasteiger charge is -2.19. The van der Waals surface area contributed by atoms with E-state index in [4.69, 9.17) is 9.47 Å². The lowest BCUT2D eigenvalue weighted by molar-refractivity contribution is -0.139. The van der Waals surface area contributed by atoms with Gasteiger partial charge in [-0.15, -0.1) is 0 Å². The number of hydrogen-bond donors (Lipinski definition) is 0. The van der Waals surface area contributed by atoms with Crippen LogP contribution in [-0.4, -0.2) is 36.8 Å². The number of ether oxygens (including phenoxy) is 2. The molecule has 186 valence electrons. The minimum atomic E-state index is -0.613. The quantitative estimate of drug-likeness (QED) is 0.351. The molecule has 4 aliphatic rings. The molecule has 2 aromatic carbocycles. The van der Waals surface area contributed by atoms with Gasteiger partial charge in [0.15, 0.2) is 0 Å². The first-order valence-electron chi connectivity index (χ1n) is 12.7. The summed E-state index contributed by atoms with van der Waals surface area (Å²) < 4.78 is 11.1. The van der Waals surface area contributed by atoms with Crippen LogP contribution in [0.1, 0.15) is 32.6 Å². The molecule has 2 aliphatic heterocycles. The zero-order valence-electron chi connectivity index (χ0n) is 20.1. The molecule has 0 aromatic heterocycles. The van der Waals surface area contributed by atoms with E-state index in [2.05, 4.69) is 0 Å². The summed E-state index contributed by atoms with van der Waals surface area (Å²) in [6, 6.07) is 13.7. The van der Waals surface area contributed by atoms with Gasteiger partial charge in [-0.05, 0) is 74.4 Å². The van der Waals surface area contributed by atoms with Crippen molar-refractivity contribution in [2.45, 2.75) is 32.6 Å². The lowest BCUT2D eigenvalue weighted by atomic mass is 9.81. The number of amides is 3. The molecule has 2 heterocycles. The fourth-order valence-corrected chi connectivity index (χ4v) is 6.55. The molecule has 8 nitrogen and oxygen atoms in total. The van der Waals surface area contributed by atoms with E-state index in [9.17, 15) is 19.2 Å². The van der Waals surface area contributed by atoms with Crippen LogP contribution in [0, 0.1) is 29.6 Å². The van der Waals surface area contributed by atoms with Crippen LogP contribution < -0.4 is 19.3 Å². The third kappa shape index (κ3) is 3.67. The Balaban J connectivity index is 1.14. The summed E-state index contributed by atoms with van der Waals surface area (Å²) in [7, 11) is 0. The highest BCUT2D eigenvalue weighted by Crippen LogP contribution is 2.56. The van der Waals surface area contributed by atoms with Crippen molar-refractivity contribution in [3.63, 3.8) is 0 Å². The van der Waals surface area contributed by atoms with E-state index >= 15 is 0 Å². The van der Waals surface area contributed by atoms with E-state index in [1.54, 1.807) is 53.4 Å². The van der Waals surface area contributed by atoms with Crippen LogP contribution in [0.25, 0.3) is 0 Å². The van der Waals surface area contributed by atoms with Crippen LogP contribution in [0.15, 0.2) is 48.5 Å². The number of carbonyl (C=O) groups is 4. The third-order valence-electron chi connectivity index (χ3n) is 8.14. The molecular weight excluding hydrogens is 460 g/mol. The summed E-state index contributed by atoms with van der Waals surface area (Å²) in [5.41, 5.74) is 1.13. The molecule has 6 rings (SSSR count). The summed E-state index contributed by atoms with van der Waals surface area (Å²) in [5.74, 6) is -0.367. The first kappa shape index (κ1) is 22.8. The molecule has 2 saturated carbocycles. The normalized spacial score (nSPS) is 28.7. The highest BCUT2D eigenvalue weighted by molar-refractivity contribution is 6.22. The van der Waals surface area contributed by atoms with Gasteiger partial charge in [0.2, 0.25) is 17.7 Å². The second-order valence-corrected chi connectivity index (χ2v) is 10.1. The zero-order chi connectivity index (χ0) is 25.0. The van der Waals surface area contributed by atoms with Gasteiger partial charge in [-0.1, -0.05) is 6.07 Å². The minimum absolute atomic E-state index is 0.0565. The number of anilines is 2. The monoisotopic (exact) mass is 488 g/mol. The van der Waals surface area contributed by atoms with Crippen LogP contribution in [0.3, 0.4) is 0 Å². The van der Waals surface area contributed by atoms with E-state index < -0.39 is 11.9 Å². The Morgan fingerprint density at radius 2 is 1.61 bits per heavy atom. The molecule has 0 N–H and O–H groups in total. The van der Waals surface area contributed by atoms with Crippen molar-refractivity contribution in [1.29, 1.82) is 0 Å². The fourth-order valence-electron chi connectivity index (χ4n) is 6.55. The van der Waals surface area contributed by atoms with Gasteiger partial charge < -0.3 is 14.4 Å². The maximum atomic E-state index is 13.1. The molecule has 0 unspecified atom stereocenters. The largest absolute Gasteiger partial charge is 0.494 e. The first-order valence-corrected chi connectivity index (χ1v) is 12.7. The molecule has 2 saturated heterocycles. The van der Waals surface area contributed by atoms with E-state index in [0.29, 0.717) is 29.8 Å². The van der Waals surface area contributed by atoms with Gasteiger partial charge in [0.05, 0.1) is 30.0 Å². The van der Waals surface area contributed by atoms with Crippen LogP contribution in [0.4, 0.5) is 11.4 Å². The second kappa shape index (κ2) is 8.76. The van der Waals surface area contributed by atoms with Crippen molar-refractivity contribution in [2.75, 3.05) is 23.0 Å². The summed E-state index contributed by atoms with van der Waals surface area (Å²) in [4.78, 5) is 54.7. The number of carbonyl (C=O) groups excluding carboxylic acids is 4. The third-order valence-corrected chi connectivity index (χ3v) is 8.14. The molecule has 4 fully saturated rings. The van der Waals surface area contributed by atoms with Gasteiger partial charge in [-0.25, -0.2) is 4.90 Å². The molecule has 3 amide bonds. The molecule has 0 radical (unpaired) electrons. The van der Waals surface area contributed by atoms with E-state index in [0.717, 1.165) is 25.0 Å². The highest BCUT2D eigenvalue weighted by Gasteiger charge is 2.61. The Bertz CT molecular complexity index is 1210. The Morgan fingerprint density at radius 1 is 0.917 bits per heavy atom. The lowest BCUT2D eigenvalue weighted by Crippen LogP contribution is -2.32. The average Bonchev–Trinajstić information content (AvgIpc) is 3.63. The second-order valence-electron chi connectivity index (χ2n) is 10.1. The van der Waals surface area contributed by atoms with Crippen LogP contribution >= 0.6 is 0 Å². The van der Waals surface area contributed by atoms with Crippen molar-refractivity contribution in [1.82, 2.24) is 0 Å². The SMILES string of the molecule is CCOc1ccc(N2C[C@@H](C(=O)Oc3cccc(N4C(=O)[C@@H]5[C@H]6CC[C@@H](C6)[C@@H]5C4=O)c3)CC2=O)cc1. The van der Waals surface area contributed by atoms with E-state index in [-0.39, 0.29) is 48.3 Å². The molecule has 2 aliphatic carbocycles. The number of imide groups is 1. The zero-order valence-corrected chi connectivity index (χ0v) is 20.1. The average molecular weight is 489 g/mol. The van der Waals surface area contributed by atoms with Gasteiger partial charge in [0, 0.05) is 24.7 Å². The van der Waals surface area contributed by atoms with Crippen LogP contribution in [0.5, 0.6) is 11.5 Å². The molecule has 36 heavy (non-hydrogen) atoms. The molecule has 5 atom stereocenters. The minimum Gasteiger partial charge on any atom is -0.494 e. The fraction of sp³-hybridized carbons (Fsp3) is 0.429. The number of hydrogen-bond acceptors (Lipinski definition) is 6. The summed E-state index contributed by atoms with van der Waals surface area (Å²) in [6.07, 6.45) is 3.07. The molecule has 2 aromatic rings. The number of nitrogens with zero attached hydrogens (tertiary/aromatic N) is 2. The smallest absolute Gasteiger partial charge is 0.316 e. The molecule has 2 bridgehead atoms. The standard InChI is InChI=1S/C28H28N2O6/c1-2-35-21-10-8-19(9-11-21)29-15-18(13-23(29)31)28(34)36-22-5-3-4-20(14-22)30-26(32)24-16-6-7-17(12-16)25(24)27(30)33/h3-5,8-11,14,16-18,24-25H,2,6-7,12-13,15H2,1H3/t16-,17-,18-,24-,25+/m0/s1. The van der Waals surface area contributed by atoms with Gasteiger partial charge in [0.1, 0.15) is 11.5 Å². The topological polar surface area (TPSA) is 93.2 Å². The van der Waals surface area contributed by atoms with E-state index in [1.807, 2.05) is 6.92 Å². The van der Waals surface area contributed by atoms with Gasteiger partial charge in [0.25, 0.3) is 0 Å². The number of benzene rings is 2. The molecule has 8 heteroatoms. The van der Waals surface area contributed by atoms with Crippen molar-refractivity contribution in [2.24, 2.45) is 29.6 Å². The summed E-state index contributed by atoms with van der Waals surface area (Å²) >= 11 is 0. The van der Waals surface area contributed by atoms with Crippen molar-refractivity contribution >= 4 is 35.1 Å². The van der Waals surface area contributed by atoms with E-state index in [1.165, 1.54) is 4.90 Å². The Kier molecular flexibility index (Phi) is 5.54. The van der Waals surface area contributed by atoms with Gasteiger partial charge >= 0.3 is 5.97 Å². The molecule has 0 spiro atoms. The number of esters is 1. The Hall–Kier alpha value is -3.68. The maximum Gasteiger partial charge on any atom is 0.316 e. The van der Waals surface area contributed by atoms with Gasteiger partial charge in [-0.2, -0.15) is 0 Å². The summed E-state index contributed by atoms with van der Waals surface area (Å²) in [6.45, 7) is 2.68. The Labute approximate surface area is 209 Å². The predicted octanol–water partition coefficient (Wildman–Crippen LogP) is 3.58. The summed E-state index contributed by atoms with van der Waals surface area (Å²) in [5, 5.41) is 0. The maximum absolute atomic E-state index is 13.1. The van der Waals surface area contributed by atoms with Crippen LogP contribution in [0.2, 0.25) is 0 Å². The Morgan fingerprint density at radius 3 is 2.28 bits per heavy atom. The molecular formula is C28H28N2O6. The van der Waals surface area contributed by atoms with Gasteiger partial charge in [-0.3, -0.25) is 19.2 Å². The van der Waals surface area contributed by atoms with Crippen molar-refractivity contribution in [3.8, 4) is 11.5 Å². The predicted molar refractivity (Wildman–Crippen MR) is 130 cm³/mol. The number of rotatable bonds is 6. The highest BCUT2D eigenvalue weighted by atomic mass is 16.5.